The number of phosphoric acid groups is 1. The first-order chi connectivity index (χ1) is 44.0. The summed E-state index contributed by atoms with van der Waals surface area (Å²) in [6.07, 6.45) is 103. The van der Waals surface area contributed by atoms with Crippen molar-refractivity contribution in [2.45, 2.75) is 290 Å². The summed E-state index contributed by atoms with van der Waals surface area (Å²) >= 11 is 0. The van der Waals surface area contributed by atoms with E-state index in [0.717, 1.165) is 135 Å². The second kappa shape index (κ2) is 69.0. The van der Waals surface area contributed by atoms with Crippen molar-refractivity contribution in [3.8, 4) is 0 Å². The van der Waals surface area contributed by atoms with E-state index in [2.05, 4.69) is 172 Å². The molecule has 0 radical (unpaired) electrons. The normalized spacial score (nSPS) is 14.1. The van der Waals surface area contributed by atoms with Gasteiger partial charge in [-0.25, -0.2) is 0 Å². The number of quaternary nitrogens is 1. The summed E-state index contributed by atoms with van der Waals surface area (Å²) in [5.74, 6) is -0.847. The number of hydrogen-bond acceptors (Lipinski definition) is 8. The lowest BCUT2D eigenvalue weighted by molar-refractivity contribution is -0.870. The Balaban J connectivity index is 4.10. The molecule has 0 heterocycles. The zero-order valence-corrected chi connectivity index (χ0v) is 59.2. The van der Waals surface area contributed by atoms with Crippen molar-refractivity contribution in [1.29, 1.82) is 0 Å². The van der Waals surface area contributed by atoms with Gasteiger partial charge < -0.3 is 27.9 Å². The van der Waals surface area contributed by atoms with Crippen LogP contribution in [0.5, 0.6) is 0 Å². The Hall–Kier alpha value is -4.37. The number of ether oxygens (including phenoxy) is 2. The average Bonchev–Trinajstić information content (AvgIpc) is 3.62. The van der Waals surface area contributed by atoms with E-state index >= 15 is 0 Å². The first-order valence-electron chi connectivity index (χ1n) is 36.2. The van der Waals surface area contributed by atoms with Crippen molar-refractivity contribution in [3.63, 3.8) is 0 Å². The van der Waals surface area contributed by atoms with E-state index in [4.69, 9.17) is 18.5 Å². The van der Waals surface area contributed by atoms with Gasteiger partial charge in [0.15, 0.2) is 6.10 Å². The van der Waals surface area contributed by atoms with Crippen LogP contribution in [0.25, 0.3) is 0 Å². The van der Waals surface area contributed by atoms with Crippen LogP contribution in [0.3, 0.4) is 0 Å². The van der Waals surface area contributed by atoms with E-state index in [9.17, 15) is 19.0 Å². The van der Waals surface area contributed by atoms with Crippen LogP contribution in [0.4, 0.5) is 0 Å². The molecule has 0 aliphatic heterocycles. The van der Waals surface area contributed by atoms with E-state index in [-0.39, 0.29) is 26.1 Å². The van der Waals surface area contributed by atoms with Crippen molar-refractivity contribution >= 4 is 19.8 Å². The number of allylic oxidation sites excluding steroid dienone is 26. The molecule has 0 rings (SSSR count). The van der Waals surface area contributed by atoms with E-state index in [1.807, 2.05) is 21.1 Å². The standard InChI is InChI=1S/C80H134NO8P/c1-6-8-10-12-14-16-18-20-22-24-26-28-30-32-33-34-35-36-37-38-39-40-41-42-43-44-45-46-47-49-51-53-55-57-59-61-63-65-67-69-71-73-80(83)89-78(77-88-90(84,85)87-75-74-81(3,4)5)76-86-79(82)72-70-68-66-64-62-60-58-56-54-52-50-48-31-29-27-25-23-21-19-17-15-13-11-9-7-2/h8,10,14,16,19-22,25-28,31-33,35-36,38-39,41-42,44-45,47-49,78H,6-7,9,11-13,15,17-18,23-24,29-30,34,37,40,43,46,50-77H2,1-5H3/b10-8-,16-14-,21-19-,22-20-,27-25-,28-26-,33-32-,36-35-,39-38-,42-41-,45-44-,48-31-,49-47-. The summed E-state index contributed by atoms with van der Waals surface area (Å²) in [5, 5.41) is 0. The van der Waals surface area contributed by atoms with Crippen molar-refractivity contribution in [1.82, 2.24) is 0 Å². The molecule has 0 aromatic rings. The van der Waals surface area contributed by atoms with Gasteiger partial charge in [0.1, 0.15) is 19.8 Å². The molecule has 0 amide bonds. The van der Waals surface area contributed by atoms with Crippen LogP contribution in [0.2, 0.25) is 0 Å². The molecular weight excluding hydrogens is 1130 g/mol. The molecule has 0 aromatic heterocycles. The Bertz CT molecular complexity index is 2080. The molecule has 0 aliphatic carbocycles. The summed E-state index contributed by atoms with van der Waals surface area (Å²) < 4.78 is 34.3. The molecule has 0 saturated carbocycles. The molecule has 2 atom stereocenters. The van der Waals surface area contributed by atoms with Gasteiger partial charge >= 0.3 is 11.9 Å². The predicted octanol–water partition coefficient (Wildman–Crippen LogP) is 23.3. The van der Waals surface area contributed by atoms with E-state index in [1.165, 1.54) is 116 Å². The fourth-order valence-corrected chi connectivity index (χ4v) is 10.2. The maximum Gasteiger partial charge on any atom is 0.306 e. The third-order valence-electron chi connectivity index (χ3n) is 15.0. The van der Waals surface area contributed by atoms with Crippen LogP contribution >= 0.6 is 7.82 Å². The maximum absolute atomic E-state index is 12.9. The predicted molar refractivity (Wildman–Crippen MR) is 387 cm³/mol. The van der Waals surface area contributed by atoms with Crippen molar-refractivity contribution in [3.05, 3.63) is 158 Å². The number of rotatable bonds is 65. The molecule has 0 N–H and O–H groups in total. The third kappa shape index (κ3) is 72.7. The Morgan fingerprint density at radius 2 is 0.633 bits per heavy atom. The molecule has 0 bridgehead atoms. The number of nitrogens with zero attached hydrogens (tertiary/aromatic N) is 1. The van der Waals surface area contributed by atoms with Crippen LogP contribution in [-0.2, 0) is 32.7 Å². The second-order valence-corrected chi connectivity index (χ2v) is 26.3. The second-order valence-electron chi connectivity index (χ2n) is 24.9. The summed E-state index contributed by atoms with van der Waals surface area (Å²) in [5.41, 5.74) is 0. The van der Waals surface area contributed by atoms with Crippen molar-refractivity contribution in [2.24, 2.45) is 0 Å². The number of hydrogen-bond donors (Lipinski definition) is 0. The fraction of sp³-hybridized carbons (Fsp3) is 0.650. The SMILES string of the molecule is CC/C=C\C/C=C\C/C=C\C/C=C\C/C=C\C/C=C\C/C=C\C/C=C\C/C=C\C/C=C\CCCCCCCCCCCCC(=O)OC(COC(=O)CCCCCCCCCCCC/C=C\C/C=C\C/C=C\CCCCCCC)COP(=O)([O-])OCC[N+](C)(C)C. The molecule has 2 unspecified atom stereocenters. The molecule has 0 aromatic carbocycles. The van der Waals surface area contributed by atoms with Gasteiger partial charge in [-0.05, 0) is 128 Å². The number of esters is 2. The molecule has 90 heavy (non-hydrogen) atoms. The van der Waals surface area contributed by atoms with E-state index in [0.29, 0.717) is 17.4 Å². The van der Waals surface area contributed by atoms with E-state index in [1.54, 1.807) is 0 Å². The fourth-order valence-electron chi connectivity index (χ4n) is 9.52. The lowest BCUT2D eigenvalue weighted by Crippen LogP contribution is -2.37. The minimum Gasteiger partial charge on any atom is -0.756 e. The molecule has 0 spiro atoms. The summed E-state index contributed by atoms with van der Waals surface area (Å²) in [7, 11) is 1.15. The number of unbranched alkanes of at least 4 members (excludes halogenated alkanes) is 25. The Kier molecular flexibility index (Phi) is 65.6. The van der Waals surface area contributed by atoms with Gasteiger partial charge in [0.25, 0.3) is 7.82 Å². The van der Waals surface area contributed by atoms with Gasteiger partial charge in [-0.1, -0.05) is 300 Å². The molecule has 0 saturated heterocycles. The van der Waals surface area contributed by atoms with Gasteiger partial charge in [-0.3, -0.25) is 14.2 Å². The first kappa shape index (κ1) is 85.6. The smallest absolute Gasteiger partial charge is 0.306 e. The number of carbonyl (C=O) groups is 2. The highest BCUT2D eigenvalue weighted by atomic mass is 31.2. The number of likely N-dealkylation sites (N-methyl/N-ethyl adjacent to an activating group) is 1. The van der Waals surface area contributed by atoms with Crippen LogP contribution < -0.4 is 4.89 Å². The van der Waals surface area contributed by atoms with Crippen LogP contribution in [0.1, 0.15) is 284 Å². The Labute approximate surface area is 554 Å². The molecule has 0 aliphatic rings. The summed E-state index contributed by atoms with van der Waals surface area (Å²) in [4.78, 5) is 38.1. The first-order valence-corrected chi connectivity index (χ1v) is 37.7. The monoisotopic (exact) mass is 1270 g/mol. The highest BCUT2D eigenvalue weighted by Crippen LogP contribution is 2.38. The highest BCUT2D eigenvalue weighted by molar-refractivity contribution is 7.45. The van der Waals surface area contributed by atoms with Crippen LogP contribution in [0.15, 0.2) is 158 Å². The van der Waals surface area contributed by atoms with Gasteiger partial charge in [-0.15, -0.1) is 0 Å². The quantitative estimate of drug-likeness (QED) is 0.0195. The van der Waals surface area contributed by atoms with Gasteiger partial charge in [0, 0.05) is 12.8 Å². The molecule has 0 fully saturated rings. The minimum absolute atomic E-state index is 0.0394. The van der Waals surface area contributed by atoms with Gasteiger partial charge in [-0.2, -0.15) is 0 Å². The average molecular weight is 1270 g/mol. The largest absolute Gasteiger partial charge is 0.756 e. The molecule has 10 heteroatoms. The topological polar surface area (TPSA) is 111 Å². The third-order valence-corrected chi connectivity index (χ3v) is 16.0. The lowest BCUT2D eigenvalue weighted by atomic mass is 10.0. The van der Waals surface area contributed by atoms with Crippen LogP contribution in [0, 0.1) is 0 Å². The zero-order chi connectivity index (χ0) is 65.5. The van der Waals surface area contributed by atoms with Crippen molar-refractivity contribution < 1.29 is 42.1 Å². The molecule has 9 nitrogen and oxygen atoms in total. The van der Waals surface area contributed by atoms with Crippen molar-refractivity contribution in [2.75, 3.05) is 47.5 Å². The number of carbonyl (C=O) groups excluding carboxylic acids is 2. The zero-order valence-electron chi connectivity index (χ0n) is 58.3. The maximum atomic E-state index is 12.9. The highest BCUT2D eigenvalue weighted by Gasteiger charge is 2.22. The van der Waals surface area contributed by atoms with Gasteiger partial charge in [0.05, 0.1) is 27.7 Å². The summed E-state index contributed by atoms with van der Waals surface area (Å²) in [6.45, 7) is 4.11. The Morgan fingerprint density at radius 1 is 0.356 bits per heavy atom. The molecule has 512 valence electrons. The minimum atomic E-state index is -4.65. The van der Waals surface area contributed by atoms with Crippen LogP contribution in [-0.4, -0.2) is 70.0 Å². The number of phosphoric ester groups is 1. The lowest BCUT2D eigenvalue weighted by Gasteiger charge is -2.28. The molecular formula is C80H134NO8P. The Morgan fingerprint density at radius 3 is 0.944 bits per heavy atom. The summed E-state index contributed by atoms with van der Waals surface area (Å²) in [6, 6.07) is 0. The van der Waals surface area contributed by atoms with E-state index < -0.39 is 32.5 Å². The van der Waals surface area contributed by atoms with Gasteiger partial charge in [0.2, 0.25) is 0 Å².